The van der Waals surface area contributed by atoms with Crippen LogP contribution in [0, 0.1) is 6.92 Å². The fourth-order valence-corrected chi connectivity index (χ4v) is 4.29. The molecule has 0 aliphatic heterocycles. The van der Waals surface area contributed by atoms with Crippen LogP contribution < -0.4 is 10.1 Å². The summed E-state index contributed by atoms with van der Waals surface area (Å²) < 4.78 is 10.3. The lowest BCUT2D eigenvalue weighted by Crippen LogP contribution is -2.45. The van der Waals surface area contributed by atoms with Crippen molar-refractivity contribution in [1.29, 1.82) is 0 Å². The van der Waals surface area contributed by atoms with Crippen LogP contribution in [0.15, 0.2) is 66.0 Å². The lowest BCUT2D eigenvalue weighted by molar-refractivity contribution is -0.133. The van der Waals surface area contributed by atoms with Crippen molar-refractivity contribution in [2.75, 3.05) is 39.2 Å². The standard InChI is InChI=1S/C26H31N3O4S/c1-20-13-16-34-24(20)18-29(17-21-7-5-4-6-8-21)25(30)19-28(14-15-32-2)26(31)27-22-9-11-23(33-3)12-10-22/h4-13,16H,14-15,17-19H2,1-3H3,(H,27,31). The molecule has 180 valence electrons. The topological polar surface area (TPSA) is 71.1 Å². The lowest BCUT2D eigenvalue weighted by atomic mass is 10.2. The summed E-state index contributed by atoms with van der Waals surface area (Å²) in [6.45, 7) is 3.57. The second kappa shape index (κ2) is 12.8. The van der Waals surface area contributed by atoms with Gasteiger partial charge in [0.1, 0.15) is 12.3 Å². The van der Waals surface area contributed by atoms with Gasteiger partial charge in [-0.2, -0.15) is 0 Å². The molecule has 3 rings (SSSR count). The third kappa shape index (κ3) is 7.33. The Morgan fingerprint density at radius 1 is 0.941 bits per heavy atom. The fraction of sp³-hybridized carbons (Fsp3) is 0.308. The van der Waals surface area contributed by atoms with E-state index in [1.165, 1.54) is 4.90 Å². The van der Waals surface area contributed by atoms with Crippen molar-refractivity contribution >= 4 is 29.0 Å². The first kappa shape index (κ1) is 25.3. The summed E-state index contributed by atoms with van der Waals surface area (Å²) in [4.78, 5) is 30.9. The maximum atomic E-state index is 13.5. The molecule has 0 fully saturated rings. The highest BCUT2D eigenvalue weighted by molar-refractivity contribution is 7.10. The summed E-state index contributed by atoms with van der Waals surface area (Å²) in [6, 6.07) is 18.6. The fourth-order valence-electron chi connectivity index (χ4n) is 3.37. The number of anilines is 1. The van der Waals surface area contributed by atoms with E-state index in [0.717, 1.165) is 16.0 Å². The molecule has 0 unspecified atom stereocenters. The number of carbonyl (C=O) groups excluding carboxylic acids is 2. The van der Waals surface area contributed by atoms with E-state index in [1.54, 1.807) is 54.7 Å². The number of hydrogen-bond donors (Lipinski definition) is 1. The second-order valence-electron chi connectivity index (χ2n) is 7.84. The van der Waals surface area contributed by atoms with Crippen LogP contribution in [-0.2, 0) is 22.6 Å². The summed E-state index contributed by atoms with van der Waals surface area (Å²) in [5.74, 6) is 0.572. The highest BCUT2D eigenvalue weighted by Gasteiger charge is 2.22. The van der Waals surface area contributed by atoms with Crippen molar-refractivity contribution in [3.8, 4) is 5.75 Å². The maximum Gasteiger partial charge on any atom is 0.322 e. The van der Waals surface area contributed by atoms with Gasteiger partial charge in [0.25, 0.3) is 0 Å². The van der Waals surface area contributed by atoms with Gasteiger partial charge in [-0.05, 0) is 53.8 Å². The maximum absolute atomic E-state index is 13.5. The van der Waals surface area contributed by atoms with Gasteiger partial charge in [0.15, 0.2) is 0 Å². The van der Waals surface area contributed by atoms with Crippen LogP contribution in [0.2, 0.25) is 0 Å². The lowest BCUT2D eigenvalue weighted by Gasteiger charge is -2.28. The normalized spacial score (nSPS) is 10.6. The van der Waals surface area contributed by atoms with Gasteiger partial charge in [-0.1, -0.05) is 30.3 Å². The molecule has 0 aliphatic rings. The molecular weight excluding hydrogens is 450 g/mol. The van der Waals surface area contributed by atoms with Gasteiger partial charge in [-0.3, -0.25) is 4.79 Å². The van der Waals surface area contributed by atoms with E-state index in [0.29, 0.717) is 37.7 Å². The van der Waals surface area contributed by atoms with Gasteiger partial charge in [-0.15, -0.1) is 11.3 Å². The van der Waals surface area contributed by atoms with Crippen LogP contribution in [0.4, 0.5) is 10.5 Å². The van der Waals surface area contributed by atoms with Crippen molar-refractivity contribution in [2.24, 2.45) is 0 Å². The molecule has 0 radical (unpaired) electrons. The number of hydrogen-bond acceptors (Lipinski definition) is 5. The zero-order valence-electron chi connectivity index (χ0n) is 19.8. The molecular formula is C26H31N3O4S. The Morgan fingerprint density at radius 2 is 1.68 bits per heavy atom. The molecule has 2 aromatic carbocycles. The van der Waals surface area contributed by atoms with Crippen LogP contribution in [0.1, 0.15) is 16.0 Å². The number of aryl methyl sites for hydroxylation is 1. The van der Waals surface area contributed by atoms with Crippen LogP contribution in [0.25, 0.3) is 0 Å². The number of benzene rings is 2. The van der Waals surface area contributed by atoms with Gasteiger partial charge < -0.3 is 24.6 Å². The van der Waals surface area contributed by atoms with Crippen molar-refractivity contribution in [3.05, 3.63) is 82.0 Å². The Labute approximate surface area is 204 Å². The number of thiophene rings is 1. The average Bonchev–Trinajstić information content (AvgIpc) is 3.26. The highest BCUT2D eigenvalue weighted by Crippen LogP contribution is 2.20. The SMILES string of the molecule is COCCN(CC(=O)N(Cc1ccccc1)Cc1sccc1C)C(=O)Nc1ccc(OC)cc1. The van der Waals surface area contributed by atoms with E-state index in [2.05, 4.69) is 11.4 Å². The molecule has 1 heterocycles. The number of nitrogens with zero attached hydrogens (tertiary/aromatic N) is 2. The Morgan fingerprint density at radius 3 is 2.29 bits per heavy atom. The van der Waals surface area contributed by atoms with Crippen LogP contribution in [0.5, 0.6) is 5.75 Å². The summed E-state index contributed by atoms with van der Waals surface area (Å²) in [6.07, 6.45) is 0. The van der Waals surface area contributed by atoms with E-state index >= 15 is 0 Å². The summed E-state index contributed by atoms with van der Waals surface area (Å²) in [7, 11) is 3.16. The minimum Gasteiger partial charge on any atom is -0.497 e. The summed E-state index contributed by atoms with van der Waals surface area (Å²) >= 11 is 1.63. The quantitative estimate of drug-likeness (QED) is 0.428. The molecule has 0 atom stereocenters. The number of urea groups is 1. The van der Waals surface area contributed by atoms with Crippen LogP contribution in [0.3, 0.4) is 0 Å². The number of carbonyl (C=O) groups is 2. The second-order valence-corrected chi connectivity index (χ2v) is 8.84. The predicted molar refractivity (Wildman–Crippen MR) is 135 cm³/mol. The molecule has 3 amide bonds. The Hall–Kier alpha value is -3.36. The van der Waals surface area contributed by atoms with Crippen LogP contribution in [-0.4, -0.2) is 55.7 Å². The predicted octanol–water partition coefficient (Wildman–Crippen LogP) is 4.77. The van der Waals surface area contributed by atoms with Crippen molar-refractivity contribution in [3.63, 3.8) is 0 Å². The monoisotopic (exact) mass is 481 g/mol. The molecule has 0 spiro atoms. The third-order valence-corrected chi connectivity index (χ3v) is 6.40. The smallest absolute Gasteiger partial charge is 0.322 e. The van der Waals surface area contributed by atoms with Gasteiger partial charge >= 0.3 is 6.03 Å². The van der Waals surface area contributed by atoms with E-state index in [1.807, 2.05) is 42.6 Å². The zero-order valence-corrected chi connectivity index (χ0v) is 20.6. The van der Waals surface area contributed by atoms with Gasteiger partial charge in [0.2, 0.25) is 5.91 Å². The molecule has 0 aliphatic carbocycles. The molecule has 0 saturated carbocycles. The Balaban J connectivity index is 1.74. The minimum atomic E-state index is -0.359. The third-order valence-electron chi connectivity index (χ3n) is 5.39. The van der Waals surface area contributed by atoms with Gasteiger partial charge in [-0.25, -0.2) is 4.79 Å². The van der Waals surface area contributed by atoms with Crippen molar-refractivity contribution in [1.82, 2.24) is 9.80 Å². The van der Waals surface area contributed by atoms with E-state index in [9.17, 15) is 9.59 Å². The number of methoxy groups -OCH3 is 2. The number of nitrogens with one attached hydrogen (secondary N) is 1. The van der Waals surface area contributed by atoms with E-state index in [4.69, 9.17) is 9.47 Å². The van der Waals surface area contributed by atoms with Gasteiger partial charge in [0.05, 0.1) is 20.3 Å². The number of ether oxygens (including phenoxy) is 2. The van der Waals surface area contributed by atoms with E-state index in [-0.39, 0.29) is 18.5 Å². The highest BCUT2D eigenvalue weighted by atomic mass is 32.1. The summed E-state index contributed by atoms with van der Waals surface area (Å²) in [5, 5.41) is 4.89. The first-order valence-electron chi connectivity index (χ1n) is 11.0. The molecule has 3 aromatic rings. The molecule has 34 heavy (non-hydrogen) atoms. The number of rotatable bonds is 11. The Kier molecular flexibility index (Phi) is 9.49. The molecule has 0 bridgehead atoms. The molecule has 8 heteroatoms. The van der Waals surface area contributed by atoms with Crippen molar-refractivity contribution < 1.29 is 19.1 Å². The molecule has 7 nitrogen and oxygen atoms in total. The molecule has 1 N–H and O–H groups in total. The van der Waals surface area contributed by atoms with Crippen LogP contribution >= 0.6 is 11.3 Å². The first-order chi connectivity index (χ1) is 16.5. The van der Waals surface area contributed by atoms with Gasteiger partial charge in [0, 0.05) is 30.8 Å². The Bertz CT molecular complexity index is 1050. The average molecular weight is 482 g/mol. The molecule has 0 saturated heterocycles. The van der Waals surface area contributed by atoms with E-state index < -0.39 is 0 Å². The summed E-state index contributed by atoms with van der Waals surface area (Å²) in [5.41, 5.74) is 2.82. The number of amides is 3. The minimum absolute atomic E-state index is 0.0530. The van der Waals surface area contributed by atoms with Crippen molar-refractivity contribution in [2.45, 2.75) is 20.0 Å². The zero-order chi connectivity index (χ0) is 24.3. The first-order valence-corrected chi connectivity index (χ1v) is 11.9. The largest absolute Gasteiger partial charge is 0.497 e. The molecule has 1 aromatic heterocycles.